The molecule has 1 aromatic rings. The molecule has 0 unspecified atom stereocenters. The first-order valence-corrected chi connectivity index (χ1v) is 3.75. The second kappa shape index (κ2) is 5.81. The number of hydrogen-bond donors (Lipinski definition) is 1. The second-order valence-electron chi connectivity index (χ2n) is 2.59. The summed E-state index contributed by atoms with van der Waals surface area (Å²) < 4.78 is 0. The fourth-order valence-electron chi connectivity index (χ4n) is 0.970. The van der Waals surface area contributed by atoms with E-state index in [1.807, 2.05) is 18.2 Å². The average Bonchev–Trinajstić information content (AvgIpc) is 2.06. The van der Waals surface area contributed by atoms with Crippen molar-refractivity contribution in [3.05, 3.63) is 48.6 Å². The van der Waals surface area contributed by atoms with Crippen molar-refractivity contribution in [2.45, 2.75) is 12.5 Å². The molecule has 1 rings (SSSR count). The average molecular weight is 184 g/mol. The number of rotatable bonds is 3. The van der Waals surface area contributed by atoms with Crippen LogP contribution in [0.25, 0.3) is 0 Å². The fraction of sp³-hybridized carbons (Fsp3) is 0.200. The molecule has 0 spiro atoms. The summed E-state index contributed by atoms with van der Waals surface area (Å²) in [6, 6.07) is 10.3. The minimum Gasteiger partial charge on any atom is -0.324 e. The van der Waals surface area contributed by atoms with Crippen LogP contribution in [0.1, 0.15) is 5.56 Å². The smallest absolute Gasteiger partial charge is 0.0262 e. The molecule has 0 aliphatic rings. The van der Waals surface area contributed by atoms with E-state index in [4.69, 9.17) is 5.73 Å². The minimum atomic E-state index is 0. The molecular weight excluding hydrogens is 170 g/mol. The Morgan fingerprint density at radius 2 is 1.92 bits per heavy atom. The van der Waals surface area contributed by atoms with Crippen LogP contribution in [0, 0.1) is 0 Å². The number of hydrogen-bond acceptors (Lipinski definition) is 1. The van der Waals surface area contributed by atoms with Gasteiger partial charge in [0.25, 0.3) is 0 Å². The van der Waals surface area contributed by atoms with E-state index in [1.165, 1.54) is 5.56 Å². The summed E-state index contributed by atoms with van der Waals surface area (Å²) in [5.41, 5.74) is 6.95. The Labute approximate surface area is 79.7 Å². The highest BCUT2D eigenvalue weighted by Crippen LogP contribution is 2.01. The topological polar surface area (TPSA) is 26.0 Å². The first kappa shape index (κ1) is 11.2. The molecule has 0 aliphatic carbocycles. The maximum atomic E-state index is 5.69. The molecule has 0 amide bonds. The lowest BCUT2D eigenvalue weighted by Gasteiger charge is -2.04. The van der Waals surface area contributed by atoms with Crippen LogP contribution in [0.3, 0.4) is 0 Å². The standard InChI is InChI=1S/C10H13N.ClH/c1-2-10(11)8-9-6-4-3-5-7-9;/h2-7,10H,1,8,11H2;1H/t10-;/m1./s1. The van der Waals surface area contributed by atoms with Gasteiger partial charge in [-0.25, -0.2) is 0 Å². The highest BCUT2D eigenvalue weighted by molar-refractivity contribution is 5.85. The highest BCUT2D eigenvalue weighted by atomic mass is 35.5. The van der Waals surface area contributed by atoms with Gasteiger partial charge in [0.05, 0.1) is 0 Å². The van der Waals surface area contributed by atoms with Crippen LogP contribution in [-0.2, 0) is 6.42 Å². The molecular formula is C10H14ClN. The van der Waals surface area contributed by atoms with Crippen LogP contribution < -0.4 is 5.73 Å². The third-order valence-electron chi connectivity index (χ3n) is 1.62. The van der Waals surface area contributed by atoms with E-state index in [9.17, 15) is 0 Å². The molecule has 0 radical (unpaired) electrons. The molecule has 0 saturated heterocycles. The van der Waals surface area contributed by atoms with E-state index < -0.39 is 0 Å². The predicted octanol–water partition coefficient (Wildman–Crippen LogP) is 2.16. The molecule has 0 aliphatic heterocycles. The second-order valence-corrected chi connectivity index (χ2v) is 2.59. The van der Waals surface area contributed by atoms with Gasteiger partial charge in [-0.3, -0.25) is 0 Å². The van der Waals surface area contributed by atoms with E-state index in [0.29, 0.717) is 0 Å². The molecule has 0 bridgehead atoms. The van der Waals surface area contributed by atoms with E-state index >= 15 is 0 Å². The van der Waals surface area contributed by atoms with E-state index in [0.717, 1.165) is 6.42 Å². The third-order valence-corrected chi connectivity index (χ3v) is 1.62. The van der Waals surface area contributed by atoms with Crippen LogP contribution in [0.15, 0.2) is 43.0 Å². The zero-order valence-electron chi connectivity index (χ0n) is 6.94. The lowest BCUT2D eigenvalue weighted by molar-refractivity contribution is 0.812. The van der Waals surface area contributed by atoms with Gasteiger partial charge in [0, 0.05) is 6.04 Å². The lowest BCUT2D eigenvalue weighted by Crippen LogP contribution is -2.19. The lowest BCUT2D eigenvalue weighted by atomic mass is 10.1. The Hall–Kier alpha value is -0.790. The largest absolute Gasteiger partial charge is 0.324 e. The molecule has 0 heterocycles. The van der Waals surface area contributed by atoms with Gasteiger partial charge in [0.15, 0.2) is 0 Å². The van der Waals surface area contributed by atoms with Gasteiger partial charge in [-0.05, 0) is 12.0 Å². The summed E-state index contributed by atoms with van der Waals surface area (Å²) in [4.78, 5) is 0. The van der Waals surface area contributed by atoms with Gasteiger partial charge >= 0.3 is 0 Å². The Bertz CT molecular complexity index is 221. The molecule has 0 saturated carbocycles. The maximum Gasteiger partial charge on any atom is 0.0262 e. The van der Waals surface area contributed by atoms with Crippen molar-refractivity contribution < 1.29 is 0 Å². The van der Waals surface area contributed by atoms with Crippen LogP contribution in [0.4, 0.5) is 0 Å². The number of nitrogens with two attached hydrogens (primary N) is 1. The summed E-state index contributed by atoms with van der Waals surface area (Å²) in [5, 5.41) is 0. The summed E-state index contributed by atoms with van der Waals surface area (Å²) in [6.45, 7) is 3.63. The van der Waals surface area contributed by atoms with E-state index in [2.05, 4.69) is 18.7 Å². The normalized spacial score (nSPS) is 11.4. The third kappa shape index (κ3) is 3.56. The first-order valence-electron chi connectivity index (χ1n) is 3.75. The molecule has 1 nitrogen and oxygen atoms in total. The molecule has 0 fully saturated rings. The zero-order chi connectivity index (χ0) is 8.10. The van der Waals surface area contributed by atoms with Crippen molar-refractivity contribution in [3.8, 4) is 0 Å². The van der Waals surface area contributed by atoms with Gasteiger partial charge in [-0.2, -0.15) is 0 Å². The monoisotopic (exact) mass is 183 g/mol. The summed E-state index contributed by atoms with van der Waals surface area (Å²) in [6.07, 6.45) is 2.65. The van der Waals surface area contributed by atoms with Crippen molar-refractivity contribution in [2.75, 3.05) is 0 Å². The van der Waals surface area contributed by atoms with Gasteiger partial charge in [-0.1, -0.05) is 36.4 Å². The summed E-state index contributed by atoms with van der Waals surface area (Å²) in [7, 11) is 0. The van der Waals surface area contributed by atoms with Crippen molar-refractivity contribution in [1.29, 1.82) is 0 Å². The predicted molar refractivity (Wildman–Crippen MR) is 55.6 cm³/mol. The Morgan fingerprint density at radius 3 is 2.42 bits per heavy atom. The summed E-state index contributed by atoms with van der Waals surface area (Å²) in [5.74, 6) is 0. The fourth-order valence-corrected chi connectivity index (χ4v) is 0.970. The summed E-state index contributed by atoms with van der Waals surface area (Å²) >= 11 is 0. The minimum absolute atomic E-state index is 0. The number of benzene rings is 1. The number of halogens is 1. The molecule has 0 aromatic heterocycles. The molecule has 1 atom stereocenters. The van der Waals surface area contributed by atoms with Crippen molar-refractivity contribution in [3.63, 3.8) is 0 Å². The molecule has 66 valence electrons. The van der Waals surface area contributed by atoms with Crippen LogP contribution >= 0.6 is 12.4 Å². The van der Waals surface area contributed by atoms with Gasteiger partial charge in [0.1, 0.15) is 0 Å². The Balaban J connectivity index is 0.00000121. The van der Waals surface area contributed by atoms with Gasteiger partial charge in [0.2, 0.25) is 0 Å². The molecule has 12 heavy (non-hydrogen) atoms. The van der Waals surface area contributed by atoms with E-state index in [-0.39, 0.29) is 18.4 Å². The Kier molecular flexibility index (Phi) is 5.43. The highest BCUT2D eigenvalue weighted by Gasteiger charge is 1.96. The maximum absolute atomic E-state index is 5.69. The Morgan fingerprint density at radius 1 is 1.33 bits per heavy atom. The zero-order valence-corrected chi connectivity index (χ0v) is 7.76. The van der Waals surface area contributed by atoms with Crippen molar-refractivity contribution >= 4 is 12.4 Å². The van der Waals surface area contributed by atoms with Crippen molar-refractivity contribution in [1.82, 2.24) is 0 Å². The molecule has 2 heteroatoms. The van der Waals surface area contributed by atoms with Crippen LogP contribution in [0.5, 0.6) is 0 Å². The van der Waals surface area contributed by atoms with Gasteiger partial charge < -0.3 is 5.73 Å². The quantitative estimate of drug-likeness (QED) is 0.715. The first-order chi connectivity index (χ1) is 5.33. The van der Waals surface area contributed by atoms with Crippen LogP contribution in [-0.4, -0.2) is 6.04 Å². The molecule has 2 N–H and O–H groups in total. The molecule has 1 aromatic carbocycles. The van der Waals surface area contributed by atoms with Gasteiger partial charge in [-0.15, -0.1) is 19.0 Å². The van der Waals surface area contributed by atoms with E-state index in [1.54, 1.807) is 6.08 Å². The van der Waals surface area contributed by atoms with Crippen LogP contribution in [0.2, 0.25) is 0 Å². The SMILES string of the molecule is C=C[C@@H](N)Cc1ccccc1.Cl. The van der Waals surface area contributed by atoms with Crippen molar-refractivity contribution in [2.24, 2.45) is 5.73 Å².